The molecule has 2 unspecified atom stereocenters. The molecular formula is C17H26N6O5. The maximum Gasteiger partial charge on any atom is 0.237 e. The number of hydrogen-bond donors (Lipinski definition) is 6. The van der Waals surface area contributed by atoms with E-state index in [4.69, 9.17) is 16.2 Å². The summed E-state index contributed by atoms with van der Waals surface area (Å²) in [6.07, 6.45) is 1.69. The number of aromatic hydroxyl groups is 1. The van der Waals surface area contributed by atoms with Crippen molar-refractivity contribution in [3.05, 3.63) is 12.5 Å². The molecule has 28 heavy (non-hydrogen) atoms. The van der Waals surface area contributed by atoms with Crippen molar-refractivity contribution in [2.75, 3.05) is 12.3 Å². The van der Waals surface area contributed by atoms with Gasteiger partial charge in [0.1, 0.15) is 35.5 Å². The molecule has 1 aliphatic rings. The van der Waals surface area contributed by atoms with Gasteiger partial charge in [-0.3, -0.25) is 9.36 Å². The van der Waals surface area contributed by atoms with Gasteiger partial charge in [-0.15, -0.1) is 0 Å². The number of nitrogen functional groups attached to an aromatic ring is 1. The van der Waals surface area contributed by atoms with Crippen molar-refractivity contribution in [3.63, 3.8) is 0 Å². The Hall–Kier alpha value is -2.47. The topological polar surface area (TPSA) is 182 Å². The highest BCUT2D eigenvalue weighted by atomic mass is 16.5. The van der Waals surface area contributed by atoms with E-state index in [1.54, 1.807) is 0 Å². The van der Waals surface area contributed by atoms with Gasteiger partial charge in [0.15, 0.2) is 11.9 Å². The number of nitrogens with one attached hydrogen (secondary N) is 1. The van der Waals surface area contributed by atoms with Crippen molar-refractivity contribution in [3.8, 4) is 5.75 Å². The quantitative estimate of drug-likeness (QED) is 0.342. The van der Waals surface area contributed by atoms with Gasteiger partial charge < -0.3 is 36.8 Å². The molecule has 0 spiro atoms. The van der Waals surface area contributed by atoms with Gasteiger partial charge in [0.25, 0.3) is 0 Å². The van der Waals surface area contributed by atoms with E-state index in [1.165, 1.54) is 17.1 Å². The number of amides is 1. The van der Waals surface area contributed by atoms with Crippen molar-refractivity contribution in [1.29, 1.82) is 0 Å². The molecule has 0 aliphatic carbocycles. The second-order valence-corrected chi connectivity index (χ2v) is 6.90. The molecule has 2 aromatic heterocycles. The summed E-state index contributed by atoms with van der Waals surface area (Å²) in [5.41, 5.74) is 11.9. The van der Waals surface area contributed by atoms with E-state index >= 15 is 0 Å². The van der Waals surface area contributed by atoms with Gasteiger partial charge in [-0.1, -0.05) is 19.8 Å². The summed E-state index contributed by atoms with van der Waals surface area (Å²) in [5.74, 6) is -0.510. The summed E-state index contributed by atoms with van der Waals surface area (Å²) in [7, 11) is 0. The zero-order chi connectivity index (χ0) is 20.4. The highest BCUT2D eigenvalue weighted by Crippen LogP contribution is 2.36. The minimum absolute atomic E-state index is 0.0826. The van der Waals surface area contributed by atoms with E-state index in [2.05, 4.69) is 15.3 Å². The van der Waals surface area contributed by atoms with Crippen LogP contribution in [-0.4, -0.2) is 66.7 Å². The number of aromatic nitrogens is 3. The Balaban J connectivity index is 1.84. The molecule has 1 amide bonds. The lowest BCUT2D eigenvalue weighted by atomic mass is 10.1. The lowest BCUT2D eigenvalue weighted by molar-refractivity contribution is -0.124. The molecule has 0 bridgehead atoms. The van der Waals surface area contributed by atoms with Gasteiger partial charge in [-0.2, -0.15) is 0 Å². The predicted molar refractivity (Wildman–Crippen MR) is 100 cm³/mol. The van der Waals surface area contributed by atoms with E-state index in [0.717, 1.165) is 12.8 Å². The maximum atomic E-state index is 12.3. The third-order valence-corrected chi connectivity index (χ3v) is 4.96. The summed E-state index contributed by atoms with van der Waals surface area (Å²) >= 11 is 0. The predicted octanol–water partition coefficient (Wildman–Crippen LogP) is -1.03. The lowest BCUT2D eigenvalue weighted by Gasteiger charge is -2.22. The van der Waals surface area contributed by atoms with E-state index in [0.29, 0.717) is 6.42 Å². The van der Waals surface area contributed by atoms with Crippen LogP contribution in [0.15, 0.2) is 12.5 Å². The van der Waals surface area contributed by atoms with Crippen LogP contribution in [0.5, 0.6) is 5.75 Å². The Kier molecular flexibility index (Phi) is 5.98. The normalized spacial score (nSPS) is 25.9. The highest BCUT2D eigenvalue weighted by molar-refractivity contribution is 5.92. The average molecular weight is 394 g/mol. The first kappa shape index (κ1) is 20.3. The zero-order valence-corrected chi connectivity index (χ0v) is 15.5. The van der Waals surface area contributed by atoms with Crippen LogP contribution in [-0.2, 0) is 9.53 Å². The summed E-state index contributed by atoms with van der Waals surface area (Å²) in [6.45, 7) is 1.57. The van der Waals surface area contributed by atoms with E-state index in [-0.39, 0.29) is 22.6 Å². The summed E-state index contributed by atoms with van der Waals surface area (Å²) in [6, 6.07) is -1.59. The van der Waals surface area contributed by atoms with Crippen molar-refractivity contribution < 1.29 is 24.9 Å². The second kappa shape index (κ2) is 8.27. The van der Waals surface area contributed by atoms with Crippen molar-refractivity contribution in [2.24, 2.45) is 5.73 Å². The number of anilines is 1. The number of nitrogens with two attached hydrogens (primary N) is 2. The van der Waals surface area contributed by atoms with Crippen LogP contribution in [0, 0.1) is 0 Å². The molecule has 1 aliphatic heterocycles. The molecule has 3 rings (SSSR count). The fraction of sp³-hybridized carbons (Fsp3) is 0.588. The lowest BCUT2D eigenvalue weighted by Crippen LogP contribution is -2.53. The summed E-state index contributed by atoms with van der Waals surface area (Å²) in [4.78, 5) is 20.3. The smallest absolute Gasteiger partial charge is 0.237 e. The number of unbranched alkanes of at least 4 members (excludes halogenated alkanes) is 1. The SMILES string of the molecule is CCCCC(N)C(=O)NC1[C@@H](CO)O[C@@H](n2cc(O)c3c(N)ncnc32)[C@H]1O. The van der Waals surface area contributed by atoms with Gasteiger partial charge in [-0.25, -0.2) is 9.97 Å². The Morgan fingerprint density at radius 3 is 2.89 bits per heavy atom. The maximum absolute atomic E-state index is 12.3. The van der Waals surface area contributed by atoms with Crippen LogP contribution in [0.25, 0.3) is 11.0 Å². The van der Waals surface area contributed by atoms with Gasteiger partial charge >= 0.3 is 0 Å². The van der Waals surface area contributed by atoms with Crippen molar-refractivity contribution in [2.45, 2.75) is 56.7 Å². The third-order valence-electron chi connectivity index (χ3n) is 4.96. The Morgan fingerprint density at radius 1 is 1.46 bits per heavy atom. The Labute approximate surface area is 161 Å². The fourth-order valence-electron chi connectivity index (χ4n) is 3.42. The molecule has 8 N–H and O–H groups in total. The molecule has 0 aromatic carbocycles. The van der Waals surface area contributed by atoms with Gasteiger partial charge in [0, 0.05) is 0 Å². The number of fused-ring (bicyclic) bond motifs is 1. The average Bonchev–Trinajstić information content (AvgIpc) is 3.17. The molecule has 5 atom stereocenters. The van der Waals surface area contributed by atoms with E-state index < -0.39 is 43.0 Å². The number of carbonyl (C=O) groups is 1. The number of aliphatic hydroxyl groups excluding tert-OH is 2. The zero-order valence-electron chi connectivity index (χ0n) is 15.5. The van der Waals surface area contributed by atoms with Crippen LogP contribution in [0.1, 0.15) is 32.4 Å². The number of rotatable bonds is 7. The van der Waals surface area contributed by atoms with E-state index in [1.807, 2.05) is 6.92 Å². The van der Waals surface area contributed by atoms with Gasteiger partial charge in [-0.05, 0) is 6.42 Å². The second-order valence-electron chi connectivity index (χ2n) is 6.90. The van der Waals surface area contributed by atoms with Crippen molar-refractivity contribution >= 4 is 22.8 Å². The highest BCUT2D eigenvalue weighted by Gasteiger charge is 2.46. The van der Waals surface area contributed by atoms with Crippen LogP contribution in [0.3, 0.4) is 0 Å². The van der Waals surface area contributed by atoms with Crippen LogP contribution in [0.2, 0.25) is 0 Å². The molecular weight excluding hydrogens is 368 g/mol. The van der Waals surface area contributed by atoms with Gasteiger partial charge in [0.2, 0.25) is 5.91 Å². The first-order chi connectivity index (χ1) is 13.4. The standard InChI is InChI=1S/C17H26N6O5/c1-2-3-4-8(18)16(27)22-12-10(6-24)28-17(13(12)26)23-5-9(25)11-14(19)20-7-21-15(11)23/h5,7-8,10,12-13,17,24-26H,2-4,6,18H2,1H3,(H,22,27)(H2,19,20,21)/t8?,10-,12?,13+,17-/m1/s1. The van der Waals surface area contributed by atoms with Gasteiger partial charge in [0.05, 0.1) is 24.9 Å². The van der Waals surface area contributed by atoms with Crippen LogP contribution < -0.4 is 16.8 Å². The number of nitrogens with zero attached hydrogens (tertiary/aromatic N) is 3. The molecule has 3 heterocycles. The third kappa shape index (κ3) is 3.61. The van der Waals surface area contributed by atoms with Crippen molar-refractivity contribution in [1.82, 2.24) is 19.9 Å². The molecule has 1 saturated heterocycles. The Bertz CT molecular complexity index is 843. The molecule has 11 heteroatoms. The largest absolute Gasteiger partial charge is 0.505 e. The number of ether oxygens (including phenoxy) is 1. The molecule has 154 valence electrons. The van der Waals surface area contributed by atoms with E-state index in [9.17, 15) is 20.1 Å². The number of hydrogen-bond acceptors (Lipinski definition) is 9. The monoisotopic (exact) mass is 394 g/mol. The number of aliphatic hydroxyl groups is 2. The molecule has 0 saturated carbocycles. The summed E-state index contributed by atoms with van der Waals surface area (Å²) < 4.78 is 7.14. The fourth-order valence-corrected chi connectivity index (χ4v) is 3.42. The first-order valence-corrected chi connectivity index (χ1v) is 9.19. The first-order valence-electron chi connectivity index (χ1n) is 9.19. The molecule has 1 fully saturated rings. The number of carbonyl (C=O) groups excluding carboxylic acids is 1. The minimum Gasteiger partial charge on any atom is -0.505 e. The molecule has 11 nitrogen and oxygen atoms in total. The van der Waals surface area contributed by atoms with Crippen LogP contribution in [0.4, 0.5) is 5.82 Å². The molecule has 0 radical (unpaired) electrons. The Morgan fingerprint density at radius 2 is 2.21 bits per heavy atom. The summed E-state index contributed by atoms with van der Waals surface area (Å²) in [5, 5.41) is 33.5. The molecule has 2 aromatic rings. The van der Waals surface area contributed by atoms with Crippen LogP contribution >= 0.6 is 0 Å². The minimum atomic E-state index is -1.22.